The van der Waals surface area contributed by atoms with E-state index in [1.54, 1.807) is 0 Å². The molecular formula is C20H19B4NO2. The van der Waals surface area contributed by atoms with Crippen molar-refractivity contribution in [1.82, 2.24) is 0 Å². The van der Waals surface area contributed by atoms with Gasteiger partial charge in [-0.1, -0.05) is 84.2 Å². The van der Waals surface area contributed by atoms with Gasteiger partial charge in [-0.25, -0.2) is 4.79 Å². The fraction of sp³-hybridized carbons (Fsp3) is 0.150. The van der Waals surface area contributed by atoms with Crippen molar-refractivity contribution in [1.29, 1.82) is 0 Å². The van der Waals surface area contributed by atoms with Gasteiger partial charge in [0, 0.05) is 0 Å². The summed E-state index contributed by atoms with van der Waals surface area (Å²) in [5.74, 6) is -0.599. The SMILES string of the molecule is Cc1ccccc1.NC(=O)O.[B]C(c1cccc2ccccc12)C([B])([B])[B]. The van der Waals surface area contributed by atoms with Gasteiger partial charge in [0.05, 0.1) is 31.4 Å². The first-order valence-corrected chi connectivity index (χ1v) is 8.23. The summed E-state index contributed by atoms with van der Waals surface area (Å²) in [6.07, 6.45) is -1.33. The zero-order valence-corrected chi connectivity index (χ0v) is 15.2. The highest BCUT2D eigenvalue weighted by molar-refractivity contribution is 6.61. The number of primary amides is 1. The molecule has 0 saturated carbocycles. The third-order valence-corrected chi connectivity index (χ3v) is 3.64. The molecule has 0 aliphatic heterocycles. The van der Waals surface area contributed by atoms with Crippen molar-refractivity contribution >= 4 is 48.3 Å². The minimum Gasteiger partial charge on any atom is -0.465 e. The van der Waals surface area contributed by atoms with Crippen molar-refractivity contribution in [2.45, 2.75) is 17.9 Å². The number of carboxylic acid groups (broad SMARTS) is 1. The smallest absolute Gasteiger partial charge is 0.402 e. The van der Waals surface area contributed by atoms with Crippen molar-refractivity contribution in [3.05, 3.63) is 83.9 Å². The zero-order valence-electron chi connectivity index (χ0n) is 15.2. The molecular weight excluding hydrogens is 329 g/mol. The van der Waals surface area contributed by atoms with Gasteiger partial charge in [0.15, 0.2) is 0 Å². The molecule has 0 aliphatic rings. The van der Waals surface area contributed by atoms with Gasteiger partial charge >= 0.3 is 6.09 Å². The fourth-order valence-corrected chi connectivity index (χ4v) is 2.33. The summed E-state index contributed by atoms with van der Waals surface area (Å²) in [7, 11) is 22.9. The van der Waals surface area contributed by atoms with Crippen LogP contribution in [0.4, 0.5) is 4.79 Å². The van der Waals surface area contributed by atoms with Crippen LogP contribution in [-0.2, 0) is 0 Å². The van der Waals surface area contributed by atoms with E-state index in [-0.39, 0.29) is 0 Å². The van der Waals surface area contributed by atoms with Crippen molar-refractivity contribution < 1.29 is 9.90 Å². The lowest BCUT2D eigenvalue weighted by Crippen LogP contribution is -2.23. The van der Waals surface area contributed by atoms with E-state index in [2.05, 4.69) is 24.8 Å². The van der Waals surface area contributed by atoms with Gasteiger partial charge in [-0.3, -0.25) is 0 Å². The van der Waals surface area contributed by atoms with Gasteiger partial charge in [0.25, 0.3) is 0 Å². The highest BCUT2D eigenvalue weighted by Gasteiger charge is 2.21. The van der Waals surface area contributed by atoms with Crippen LogP contribution in [0.1, 0.15) is 16.9 Å². The van der Waals surface area contributed by atoms with Crippen LogP contribution in [0.15, 0.2) is 72.8 Å². The Morgan fingerprint density at radius 2 is 1.41 bits per heavy atom. The quantitative estimate of drug-likeness (QED) is 0.698. The Hall–Kier alpha value is -2.55. The van der Waals surface area contributed by atoms with Gasteiger partial charge in [-0.2, -0.15) is 0 Å². The van der Waals surface area contributed by atoms with E-state index < -0.39 is 17.0 Å². The van der Waals surface area contributed by atoms with Crippen molar-refractivity contribution in [3.63, 3.8) is 0 Å². The van der Waals surface area contributed by atoms with Crippen LogP contribution in [0, 0.1) is 6.92 Å². The number of amides is 1. The molecule has 3 rings (SSSR count). The van der Waals surface area contributed by atoms with Gasteiger partial charge in [-0.15, -0.1) is 5.11 Å². The Morgan fingerprint density at radius 3 is 1.89 bits per heavy atom. The maximum Gasteiger partial charge on any atom is 0.402 e. The molecule has 3 nitrogen and oxygen atoms in total. The highest BCUT2D eigenvalue weighted by atomic mass is 16.4. The van der Waals surface area contributed by atoms with E-state index in [9.17, 15) is 0 Å². The highest BCUT2D eigenvalue weighted by Crippen LogP contribution is 2.34. The molecule has 3 aromatic rings. The predicted octanol–water partition coefficient (Wildman–Crippen LogP) is 3.25. The maximum absolute atomic E-state index is 8.78. The van der Waals surface area contributed by atoms with E-state index in [1.807, 2.05) is 60.7 Å². The van der Waals surface area contributed by atoms with Gasteiger partial charge in [0.1, 0.15) is 0 Å². The maximum atomic E-state index is 8.78. The summed E-state index contributed by atoms with van der Waals surface area (Å²) < 4.78 is 0. The van der Waals surface area contributed by atoms with E-state index in [4.69, 9.17) is 41.3 Å². The number of nitrogens with two attached hydrogens (primary N) is 1. The number of rotatable bonds is 2. The Balaban J connectivity index is 0.000000273. The molecule has 1 amide bonds. The lowest BCUT2D eigenvalue weighted by atomic mass is 9.33. The number of fused-ring (bicyclic) bond motifs is 1. The van der Waals surface area contributed by atoms with Crippen LogP contribution in [-0.4, -0.2) is 42.6 Å². The van der Waals surface area contributed by atoms with Crippen LogP contribution < -0.4 is 5.73 Å². The monoisotopic (exact) mass is 349 g/mol. The van der Waals surface area contributed by atoms with Crippen molar-refractivity contribution in [2.75, 3.05) is 0 Å². The van der Waals surface area contributed by atoms with E-state index in [0.29, 0.717) is 0 Å². The van der Waals surface area contributed by atoms with E-state index in [1.165, 1.54) is 5.56 Å². The second-order valence-corrected chi connectivity index (χ2v) is 6.04. The van der Waals surface area contributed by atoms with Crippen LogP contribution in [0.2, 0.25) is 5.11 Å². The molecule has 0 heterocycles. The first-order valence-electron chi connectivity index (χ1n) is 8.23. The van der Waals surface area contributed by atoms with Crippen LogP contribution in [0.3, 0.4) is 0 Å². The fourth-order valence-electron chi connectivity index (χ4n) is 2.33. The zero-order chi connectivity index (χ0) is 20.4. The lowest BCUT2D eigenvalue weighted by Gasteiger charge is -2.30. The molecule has 128 valence electrons. The summed E-state index contributed by atoms with van der Waals surface area (Å²) >= 11 is 0. The molecule has 0 aliphatic carbocycles. The predicted molar refractivity (Wildman–Crippen MR) is 116 cm³/mol. The Bertz CT molecular complexity index is 842. The van der Waals surface area contributed by atoms with Gasteiger partial charge in [-0.05, 0) is 23.3 Å². The third-order valence-electron chi connectivity index (χ3n) is 3.64. The van der Waals surface area contributed by atoms with Crippen molar-refractivity contribution in [2.24, 2.45) is 5.73 Å². The summed E-state index contributed by atoms with van der Waals surface area (Å²) in [5.41, 5.74) is 6.22. The molecule has 8 radical (unpaired) electrons. The third kappa shape index (κ3) is 8.12. The minimum atomic E-state index is -1.41. The molecule has 0 spiro atoms. The standard InChI is InChI=1S/C12H8B4.C7H8.CH3NO2/c13-11(12(14,15)16)10-7-3-5-8-4-1-2-6-9(8)10;1-7-5-3-2-4-6-7;2-1(3)4/h1-7,11H;2-6H,1H3;2H2,(H,3,4). The van der Waals surface area contributed by atoms with E-state index >= 15 is 0 Å². The molecule has 3 aromatic carbocycles. The summed E-state index contributed by atoms with van der Waals surface area (Å²) in [5, 5.41) is 7.91. The number of benzene rings is 3. The van der Waals surface area contributed by atoms with Gasteiger partial charge < -0.3 is 10.8 Å². The van der Waals surface area contributed by atoms with Crippen LogP contribution in [0.25, 0.3) is 10.8 Å². The van der Waals surface area contributed by atoms with Crippen molar-refractivity contribution in [3.8, 4) is 0 Å². The average molecular weight is 349 g/mol. The first-order chi connectivity index (χ1) is 12.6. The molecule has 0 aromatic heterocycles. The molecule has 0 fully saturated rings. The number of aryl methyl sites for hydroxylation is 1. The second kappa shape index (κ2) is 10.6. The number of hydrogen-bond donors (Lipinski definition) is 2. The summed E-state index contributed by atoms with van der Waals surface area (Å²) in [4.78, 5) is 8.78. The summed E-state index contributed by atoms with van der Waals surface area (Å²) in [6, 6.07) is 24.0. The van der Waals surface area contributed by atoms with E-state index in [0.717, 1.165) is 16.3 Å². The lowest BCUT2D eigenvalue weighted by molar-refractivity contribution is 0.205. The van der Waals surface area contributed by atoms with Gasteiger partial charge in [0.2, 0.25) is 0 Å². The number of hydrogen-bond acceptors (Lipinski definition) is 1. The molecule has 0 bridgehead atoms. The minimum absolute atomic E-state index is 0.599. The topological polar surface area (TPSA) is 63.3 Å². The molecule has 1 atom stereocenters. The first kappa shape index (κ1) is 22.5. The molecule has 7 heteroatoms. The molecule has 27 heavy (non-hydrogen) atoms. The second-order valence-electron chi connectivity index (χ2n) is 6.04. The largest absolute Gasteiger partial charge is 0.465 e. The number of carbonyl (C=O) groups is 1. The van der Waals surface area contributed by atoms with Crippen LogP contribution >= 0.6 is 0 Å². The Morgan fingerprint density at radius 1 is 0.926 bits per heavy atom. The molecule has 0 saturated heterocycles. The molecule has 3 N–H and O–H groups in total. The molecule has 1 unspecified atom stereocenters. The normalized spacial score (nSPS) is 11.3. The van der Waals surface area contributed by atoms with Crippen LogP contribution in [0.5, 0.6) is 0 Å². The summed E-state index contributed by atoms with van der Waals surface area (Å²) in [6.45, 7) is 2.08. The Labute approximate surface area is 166 Å². The Kier molecular flexibility index (Phi) is 8.80. The average Bonchev–Trinajstić information content (AvgIpc) is 2.60.